The molecule has 23 heavy (non-hydrogen) atoms. The monoisotopic (exact) mass is 309 g/mol. The van der Waals surface area contributed by atoms with Gasteiger partial charge in [-0.2, -0.15) is 0 Å². The van der Waals surface area contributed by atoms with Gasteiger partial charge in [-0.1, -0.05) is 12.1 Å². The van der Waals surface area contributed by atoms with Crippen LogP contribution in [0, 0.1) is 6.92 Å². The zero-order valence-corrected chi connectivity index (χ0v) is 13.2. The standard InChI is InChI=1S/C18H19N3O2/c1-3-20-10-8-16-15(18(20)23)7-9-21(16)12-17(22)19-14-6-4-5-13(2)11-14/h4-11H,3,12H2,1-2H3,(H,19,22). The number of carbonyl (C=O) groups is 1. The van der Waals surface area contributed by atoms with Crippen molar-refractivity contribution in [3.8, 4) is 0 Å². The van der Waals surface area contributed by atoms with Crippen LogP contribution in [0.2, 0.25) is 0 Å². The number of amides is 1. The lowest BCUT2D eigenvalue weighted by molar-refractivity contribution is -0.116. The SMILES string of the molecule is CCn1ccc2c(ccn2CC(=O)Nc2cccc(C)c2)c1=O. The summed E-state index contributed by atoms with van der Waals surface area (Å²) in [5.41, 5.74) is 2.62. The molecule has 0 spiro atoms. The molecule has 1 aromatic carbocycles. The summed E-state index contributed by atoms with van der Waals surface area (Å²) in [6.07, 6.45) is 3.54. The number of hydrogen-bond donors (Lipinski definition) is 1. The summed E-state index contributed by atoms with van der Waals surface area (Å²) in [5, 5.41) is 3.52. The van der Waals surface area contributed by atoms with Crippen molar-refractivity contribution in [3.63, 3.8) is 0 Å². The van der Waals surface area contributed by atoms with Crippen LogP contribution in [-0.2, 0) is 17.9 Å². The van der Waals surface area contributed by atoms with E-state index in [1.165, 1.54) is 0 Å². The average molecular weight is 309 g/mol. The second-order valence-corrected chi connectivity index (χ2v) is 5.57. The molecule has 0 bridgehead atoms. The quantitative estimate of drug-likeness (QED) is 0.805. The normalized spacial score (nSPS) is 10.9. The fraction of sp³-hybridized carbons (Fsp3) is 0.222. The molecule has 3 aromatic rings. The molecular weight excluding hydrogens is 290 g/mol. The van der Waals surface area contributed by atoms with Crippen LogP contribution in [-0.4, -0.2) is 15.0 Å². The molecular formula is C18H19N3O2. The number of hydrogen-bond acceptors (Lipinski definition) is 2. The summed E-state index contributed by atoms with van der Waals surface area (Å²) in [5.74, 6) is -0.118. The van der Waals surface area contributed by atoms with Gasteiger partial charge in [-0.15, -0.1) is 0 Å². The van der Waals surface area contributed by atoms with Crippen LogP contribution in [0.4, 0.5) is 5.69 Å². The summed E-state index contributed by atoms with van der Waals surface area (Å²) in [4.78, 5) is 24.5. The number of pyridine rings is 1. The number of fused-ring (bicyclic) bond motifs is 1. The number of anilines is 1. The minimum atomic E-state index is -0.118. The van der Waals surface area contributed by atoms with Gasteiger partial charge in [0.1, 0.15) is 6.54 Å². The van der Waals surface area contributed by atoms with E-state index in [1.54, 1.807) is 27.6 Å². The Morgan fingerprint density at radius 3 is 2.65 bits per heavy atom. The van der Waals surface area contributed by atoms with E-state index < -0.39 is 0 Å². The largest absolute Gasteiger partial charge is 0.338 e. The predicted molar refractivity (Wildman–Crippen MR) is 91.7 cm³/mol. The molecule has 5 heteroatoms. The number of nitrogens with one attached hydrogen (secondary N) is 1. The molecule has 1 N–H and O–H groups in total. The van der Waals surface area contributed by atoms with Crippen molar-refractivity contribution in [2.45, 2.75) is 26.9 Å². The van der Waals surface area contributed by atoms with E-state index in [0.717, 1.165) is 16.8 Å². The average Bonchev–Trinajstić information content (AvgIpc) is 2.91. The van der Waals surface area contributed by atoms with Gasteiger partial charge in [-0.25, -0.2) is 0 Å². The van der Waals surface area contributed by atoms with Gasteiger partial charge in [0, 0.05) is 24.6 Å². The van der Waals surface area contributed by atoms with Crippen molar-refractivity contribution in [2.75, 3.05) is 5.32 Å². The lowest BCUT2D eigenvalue weighted by atomic mass is 10.2. The molecule has 118 valence electrons. The first-order valence-corrected chi connectivity index (χ1v) is 7.63. The Bertz CT molecular complexity index is 921. The summed E-state index contributed by atoms with van der Waals surface area (Å²) < 4.78 is 3.45. The fourth-order valence-electron chi connectivity index (χ4n) is 2.70. The van der Waals surface area contributed by atoms with E-state index >= 15 is 0 Å². The van der Waals surface area contributed by atoms with Crippen LogP contribution < -0.4 is 10.9 Å². The zero-order valence-electron chi connectivity index (χ0n) is 13.2. The first-order chi connectivity index (χ1) is 11.1. The highest BCUT2D eigenvalue weighted by molar-refractivity contribution is 5.92. The first-order valence-electron chi connectivity index (χ1n) is 7.63. The van der Waals surface area contributed by atoms with Gasteiger partial charge < -0.3 is 14.5 Å². The van der Waals surface area contributed by atoms with Crippen LogP contribution in [0.5, 0.6) is 0 Å². The van der Waals surface area contributed by atoms with Crippen molar-refractivity contribution in [2.24, 2.45) is 0 Å². The van der Waals surface area contributed by atoms with Gasteiger partial charge >= 0.3 is 0 Å². The Hall–Kier alpha value is -2.82. The van der Waals surface area contributed by atoms with Crippen molar-refractivity contribution >= 4 is 22.5 Å². The third-order valence-electron chi connectivity index (χ3n) is 3.87. The molecule has 0 fully saturated rings. The van der Waals surface area contributed by atoms with E-state index in [-0.39, 0.29) is 18.0 Å². The molecule has 0 radical (unpaired) electrons. The van der Waals surface area contributed by atoms with Crippen LogP contribution in [0.15, 0.2) is 53.6 Å². The second kappa shape index (κ2) is 6.12. The molecule has 0 saturated carbocycles. The van der Waals surface area contributed by atoms with Crippen molar-refractivity contribution in [1.29, 1.82) is 0 Å². The summed E-state index contributed by atoms with van der Waals surface area (Å²) >= 11 is 0. The van der Waals surface area contributed by atoms with Crippen LogP contribution in [0.1, 0.15) is 12.5 Å². The van der Waals surface area contributed by atoms with Crippen molar-refractivity contribution in [3.05, 3.63) is 64.7 Å². The third kappa shape index (κ3) is 3.04. The molecule has 2 heterocycles. The molecule has 0 aliphatic carbocycles. The highest BCUT2D eigenvalue weighted by Crippen LogP contribution is 2.13. The zero-order chi connectivity index (χ0) is 16.4. The van der Waals surface area contributed by atoms with Crippen molar-refractivity contribution in [1.82, 2.24) is 9.13 Å². The van der Waals surface area contributed by atoms with Gasteiger partial charge in [-0.3, -0.25) is 9.59 Å². The summed E-state index contributed by atoms with van der Waals surface area (Å²) in [6, 6.07) is 11.3. The van der Waals surface area contributed by atoms with E-state index in [0.29, 0.717) is 11.9 Å². The van der Waals surface area contributed by atoms with Crippen LogP contribution in [0.3, 0.4) is 0 Å². The summed E-state index contributed by atoms with van der Waals surface area (Å²) in [6.45, 7) is 4.72. The van der Waals surface area contributed by atoms with E-state index in [4.69, 9.17) is 0 Å². The first kappa shape index (κ1) is 15.1. The van der Waals surface area contributed by atoms with E-state index in [1.807, 2.05) is 44.2 Å². The minimum absolute atomic E-state index is 0.0251. The highest BCUT2D eigenvalue weighted by Gasteiger charge is 2.09. The molecule has 2 aromatic heterocycles. The number of carbonyl (C=O) groups excluding carboxylic acids is 1. The smallest absolute Gasteiger partial charge is 0.259 e. The molecule has 0 aliphatic rings. The maximum absolute atomic E-state index is 12.2. The molecule has 0 aliphatic heterocycles. The highest BCUT2D eigenvalue weighted by atomic mass is 16.2. The molecule has 0 unspecified atom stereocenters. The lowest BCUT2D eigenvalue weighted by Gasteiger charge is -2.08. The Morgan fingerprint density at radius 2 is 1.91 bits per heavy atom. The number of benzene rings is 1. The van der Waals surface area contributed by atoms with E-state index in [9.17, 15) is 9.59 Å². The Morgan fingerprint density at radius 1 is 1.13 bits per heavy atom. The second-order valence-electron chi connectivity index (χ2n) is 5.57. The third-order valence-corrected chi connectivity index (χ3v) is 3.87. The van der Waals surface area contributed by atoms with Crippen LogP contribution in [0.25, 0.3) is 10.9 Å². The number of aromatic nitrogens is 2. The lowest BCUT2D eigenvalue weighted by Crippen LogP contribution is -2.20. The van der Waals surface area contributed by atoms with Gasteiger partial charge in [0.05, 0.1) is 10.9 Å². The van der Waals surface area contributed by atoms with Gasteiger partial charge in [0.15, 0.2) is 0 Å². The predicted octanol–water partition coefficient (Wildman–Crippen LogP) is 2.77. The topological polar surface area (TPSA) is 56.0 Å². The van der Waals surface area contributed by atoms with Crippen molar-refractivity contribution < 1.29 is 4.79 Å². The minimum Gasteiger partial charge on any atom is -0.338 e. The molecule has 5 nitrogen and oxygen atoms in total. The number of aryl methyl sites for hydroxylation is 2. The molecule has 1 amide bonds. The fourth-order valence-corrected chi connectivity index (χ4v) is 2.70. The Labute approximate surface area is 134 Å². The molecule has 3 rings (SSSR count). The maximum atomic E-state index is 12.2. The Balaban J connectivity index is 1.83. The number of nitrogens with zero attached hydrogens (tertiary/aromatic N) is 2. The Kier molecular flexibility index (Phi) is 4.02. The number of rotatable bonds is 4. The van der Waals surface area contributed by atoms with Gasteiger partial charge in [0.2, 0.25) is 5.91 Å². The van der Waals surface area contributed by atoms with Gasteiger partial charge in [0.25, 0.3) is 5.56 Å². The molecule has 0 atom stereocenters. The molecule has 0 saturated heterocycles. The van der Waals surface area contributed by atoms with E-state index in [2.05, 4.69) is 5.32 Å². The maximum Gasteiger partial charge on any atom is 0.259 e. The summed E-state index contributed by atoms with van der Waals surface area (Å²) in [7, 11) is 0. The van der Waals surface area contributed by atoms with Crippen LogP contribution >= 0.6 is 0 Å². The van der Waals surface area contributed by atoms with Gasteiger partial charge in [-0.05, 0) is 43.7 Å².